The molecule has 4 N–H and O–H groups in total. The van der Waals surface area contributed by atoms with Gasteiger partial charge in [-0.25, -0.2) is 4.79 Å². The summed E-state index contributed by atoms with van der Waals surface area (Å²) in [4.78, 5) is 24.4. The van der Waals surface area contributed by atoms with Gasteiger partial charge >= 0.3 is 6.03 Å². The van der Waals surface area contributed by atoms with Gasteiger partial charge in [-0.05, 0) is 30.3 Å². The van der Waals surface area contributed by atoms with Crippen molar-refractivity contribution < 1.29 is 19.4 Å². The topological polar surface area (TPSA) is 99.7 Å². The maximum absolute atomic E-state index is 12.2. The first-order valence-electron chi connectivity index (χ1n) is 7.44. The summed E-state index contributed by atoms with van der Waals surface area (Å²) < 4.78 is 5.97. The minimum absolute atomic E-state index is 0.120. The quantitative estimate of drug-likeness (QED) is 0.591. The zero-order valence-corrected chi connectivity index (χ0v) is 15.1. The van der Waals surface area contributed by atoms with Gasteiger partial charge in [0.25, 0.3) is 5.91 Å². The number of methoxy groups -OCH3 is 1. The van der Waals surface area contributed by atoms with Gasteiger partial charge in [0.05, 0.1) is 25.0 Å². The molecule has 0 atom stereocenters. The van der Waals surface area contributed by atoms with E-state index in [2.05, 4.69) is 31.9 Å². The standard InChI is InChI=1S/C17H18BrN3O4/c1-25-13-5-6-14(16(23)19-7-8-22)15(10-13)21-17(24)20-12-4-2-3-11(18)9-12/h2-6,9-10,22H,7-8H2,1H3,(H,19,23)(H2,20,21,24). The van der Waals surface area contributed by atoms with Crippen LogP contribution in [0, 0.1) is 0 Å². The molecule has 132 valence electrons. The highest BCUT2D eigenvalue weighted by Gasteiger charge is 2.14. The Bertz CT molecular complexity index is 767. The van der Waals surface area contributed by atoms with Gasteiger partial charge in [0.15, 0.2) is 0 Å². The molecular weight excluding hydrogens is 390 g/mol. The second-order valence-electron chi connectivity index (χ2n) is 4.98. The number of amides is 3. The molecule has 25 heavy (non-hydrogen) atoms. The normalized spacial score (nSPS) is 10.0. The first kappa shape index (κ1) is 18.8. The van der Waals surface area contributed by atoms with Gasteiger partial charge in [-0.3, -0.25) is 4.79 Å². The molecule has 0 aromatic heterocycles. The van der Waals surface area contributed by atoms with E-state index in [1.54, 1.807) is 36.4 Å². The Labute approximate surface area is 153 Å². The van der Waals surface area contributed by atoms with Crippen molar-refractivity contribution in [3.8, 4) is 5.75 Å². The highest BCUT2D eigenvalue weighted by atomic mass is 79.9. The number of urea groups is 1. The van der Waals surface area contributed by atoms with Gasteiger partial charge in [-0.1, -0.05) is 22.0 Å². The number of ether oxygens (including phenoxy) is 1. The first-order chi connectivity index (χ1) is 12.0. The van der Waals surface area contributed by atoms with Crippen molar-refractivity contribution in [2.45, 2.75) is 0 Å². The number of hydrogen-bond acceptors (Lipinski definition) is 4. The van der Waals surface area contributed by atoms with E-state index in [4.69, 9.17) is 9.84 Å². The average molecular weight is 408 g/mol. The number of rotatable bonds is 6. The van der Waals surface area contributed by atoms with E-state index < -0.39 is 11.9 Å². The molecule has 0 saturated heterocycles. The monoisotopic (exact) mass is 407 g/mol. The highest BCUT2D eigenvalue weighted by Crippen LogP contribution is 2.23. The number of nitrogens with one attached hydrogen (secondary N) is 3. The van der Waals surface area contributed by atoms with Crippen molar-refractivity contribution in [3.63, 3.8) is 0 Å². The summed E-state index contributed by atoms with van der Waals surface area (Å²) in [6, 6.07) is 11.3. The van der Waals surface area contributed by atoms with Crippen molar-refractivity contribution in [1.29, 1.82) is 0 Å². The smallest absolute Gasteiger partial charge is 0.323 e. The molecule has 0 spiro atoms. The second-order valence-corrected chi connectivity index (χ2v) is 5.90. The number of halogens is 1. The predicted molar refractivity (Wildman–Crippen MR) is 99.2 cm³/mol. The minimum Gasteiger partial charge on any atom is -0.497 e. The lowest BCUT2D eigenvalue weighted by molar-refractivity contribution is 0.0945. The van der Waals surface area contributed by atoms with E-state index in [-0.39, 0.29) is 18.7 Å². The molecule has 2 aromatic rings. The Morgan fingerprint density at radius 2 is 1.96 bits per heavy atom. The highest BCUT2D eigenvalue weighted by molar-refractivity contribution is 9.10. The van der Waals surface area contributed by atoms with Crippen LogP contribution < -0.4 is 20.7 Å². The Kier molecular flexibility index (Phi) is 6.79. The van der Waals surface area contributed by atoms with E-state index in [1.807, 2.05) is 6.07 Å². The van der Waals surface area contributed by atoms with E-state index in [0.29, 0.717) is 17.1 Å². The summed E-state index contributed by atoms with van der Waals surface area (Å²) >= 11 is 3.33. The number of hydrogen-bond donors (Lipinski definition) is 4. The second kappa shape index (κ2) is 9.05. The number of carbonyl (C=O) groups excluding carboxylic acids is 2. The molecule has 0 bridgehead atoms. The number of anilines is 2. The zero-order valence-electron chi connectivity index (χ0n) is 13.5. The van der Waals surface area contributed by atoms with E-state index in [9.17, 15) is 9.59 Å². The van der Waals surface area contributed by atoms with E-state index in [0.717, 1.165) is 4.47 Å². The molecule has 0 aliphatic heterocycles. The van der Waals surface area contributed by atoms with Gasteiger partial charge in [-0.2, -0.15) is 0 Å². The molecule has 0 radical (unpaired) electrons. The number of benzene rings is 2. The van der Waals surface area contributed by atoms with Crippen LogP contribution in [0.5, 0.6) is 5.75 Å². The van der Waals surface area contributed by atoms with Crippen molar-refractivity contribution in [3.05, 3.63) is 52.5 Å². The molecule has 8 heteroatoms. The largest absolute Gasteiger partial charge is 0.497 e. The van der Waals surface area contributed by atoms with Crippen LogP contribution in [0.1, 0.15) is 10.4 Å². The SMILES string of the molecule is COc1ccc(C(=O)NCCO)c(NC(=O)Nc2cccc(Br)c2)c1. The molecule has 3 amide bonds. The van der Waals surface area contributed by atoms with Crippen molar-refractivity contribution >= 4 is 39.2 Å². The molecule has 0 heterocycles. The Balaban J connectivity index is 2.18. The molecule has 2 rings (SSSR count). The molecule has 0 unspecified atom stereocenters. The number of aliphatic hydroxyl groups excluding tert-OH is 1. The van der Waals surface area contributed by atoms with Crippen LogP contribution in [-0.4, -0.2) is 37.3 Å². The summed E-state index contributed by atoms with van der Waals surface area (Å²) in [6.07, 6.45) is 0. The van der Waals surface area contributed by atoms with Crippen LogP contribution in [0.15, 0.2) is 46.9 Å². The van der Waals surface area contributed by atoms with Crippen LogP contribution in [0.3, 0.4) is 0 Å². The lowest BCUT2D eigenvalue weighted by Gasteiger charge is -2.13. The molecule has 0 saturated carbocycles. The predicted octanol–water partition coefficient (Wildman–Crippen LogP) is 2.82. The summed E-state index contributed by atoms with van der Waals surface area (Å²) in [5.74, 6) is 0.0888. The molecule has 7 nitrogen and oxygen atoms in total. The molecule has 0 aliphatic carbocycles. The third-order valence-corrected chi connectivity index (χ3v) is 3.69. The summed E-state index contributed by atoms with van der Waals surface area (Å²) in [7, 11) is 1.49. The van der Waals surface area contributed by atoms with E-state index >= 15 is 0 Å². The average Bonchev–Trinajstić information content (AvgIpc) is 2.59. The third kappa shape index (κ3) is 5.47. The fourth-order valence-electron chi connectivity index (χ4n) is 2.07. The van der Waals surface area contributed by atoms with Gasteiger partial charge in [0.1, 0.15) is 5.75 Å². The van der Waals surface area contributed by atoms with Gasteiger partial charge in [0, 0.05) is 22.8 Å². The summed E-state index contributed by atoms with van der Waals surface area (Å²) in [5.41, 5.74) is 1.15. The van der Waals surface area contributed by atoms with Gasteiger partial charge in [-0.15, -0.1) is 0 Å². The fourth-order valence-corrected chi connectivity index (χ4v) is 2.47. The van der Waals surface area contributed by atoms with Crippen LogP contribution in [-0.2, 0) is 0 Å². The Hall–Kier alpha value is -2.58. The maximum atomic E-state index is 12.2. The van der Waals surface area contributed by atoms with Crippen molar-refractivity contribution in [1.82, 2.24) is 5.32 Å². The first-order valence-corrected chi connectivity index (χ1v) is 8.23. The van der Waals surface area contributed by atoms with Crippen molar-refractivity contribution in [2.75, 3.05) is 30.9 Å². The molecule has 0 fully saturated rings. The number of carbonyl (C=O) groups is 2. The Morgan fingerprint density at radius 3 is 2.64 bits per heavy atom. The van der Waals surface area contributed by atoms with Gasteiger partial charge in [0.2, 0.25) is 0 Å². The van der Waals surface area contributed by atoms with E-state index in [1.165, 1.54) is 7.11 Å². The van der Waals surface area contributed by atoms with Crippen LogP contribution in [0.4, 0.5) is 16.2 Å². The fraction of sp³-hybridized carbons (Fsp3) is 0.176. The zero-order chi connectivity index (χ0) is 18.2. The van der Waals surface area contributed by atoms with Crippen LogP contribution >= 0.6 is 15.9 Å². The van der Waals surface area contributed by atoms with Crippen molar-refractivity contribution in [2.24, 2.45) is 0 Å². The van der Waals surface area contributed by atoms with Gasteiger partial charge < -0.3 is 25.8 Å². The lowest BCUT2D eigenvalue weighted by atomic mass is 10.1. The maximum Gasteiger partial charge on any atom is 0.323 e. The minimum atomic E-state index is -0.498. The summed E-state index contributed by atoms with van der Waals surface area (Å²) in [5, 5.41) is 16.7. The lowest BCUT2D eigenvalue weighted by Crippen LogP contribution is -2.28. The Morgan fingerprint density at radius 1 is 1.16 bits per heavy atom. The summed E-state index contributed by atoms with van der Waals surface area (Å²) in [6.45, 7) is -0.0530. The third-order valence-electron chi connectivity index (χ3n) is 3.20. The van der Waals surface area contributed by atoms with Crippen LogP contribution in [0.25, 0.3) is 0 Å². The molecule has 2 aromatic carbocycles. The number of aliphatic hydroxyl groups is 1. The van der Waals surface area contributed by atoms with Crippen LogP contribution in [0.2, 0.25) is 0 Å². The molecule has 0 aliphatic rings. The molecular formula is C17H18BrN3O4.